The Morgan fingerprint density at radius 3 is 2.52 bits per heavy atom. The Morgan fingerprint density at radius 2 is 1.85 bits per heavy atom. The van der Waals surface area contributed by atoms with Crippen LogP contribution >= 0.6 is 45.9 Å². The van der Waals surface area contributed by atoms with Gasteiger partial charge in [-0.3, -0.25) is 9.69 Å². The summed E-state index contributed by atoms with van der Waals surface area (Å²) in [7, 11) is 0. The number of carbonyl (C=O) groups is 2. The second-order valence-electron chi connectivity index (χ2n) is 7.20. The molecular formula is C22H20ClIN4O4S. The van der Waals surface area contributed by atoms with Gasteiger partial charge in [0.25, 0.3) is 5.91 Å². The van der Waals surface area contributed by atoms with Crippen molar-refractivity contribution in [1.29, 1.82) is 0 Å². The molecule has 0 saturated carbocycles. The molecule has 33 heavy (non-hydrogen) atoms. The summed E-state index contributed by atoms with van der Waals surface area (Å²) in [5.74, 6) is -0.343. The van der Waals surface area contributed by atoms with Gasteiger partial charge < -0.3 is 9.64 Å². The normalized spacial score (nSPS) is 13.6. The van der Waals surface area contributed by atoms with Crippen LogP contribution in [0.3, 0.4) is 0 Å². The van der Waals surface area contributed by atoms with Crippen molar-refractivity contribution in [1.82, 2.24) is 15.4 Å². The second-order valence-corrected chi connectivity index (χ2v) is 8.91. The molecule has 1 aliphatic rings. The first kappa shape index (κ1) is 23.9. The molecule has 3 aromatic rings. The Kier molecular flexibility index (Phi) is 8.15. The number of carbonyl (C=O) groups excluding carboxylic acids is 2. The topological polar surface area (TPSA) is 84.0 Å². The largest absolute Gasteiger partial charge is 0.378 e. The molecule has 11 heteroatoms. The van der Waals surface area contributed by atoms with Crippen molar-refractivity contribution < 1.29 is 17.5 Å². The van der Waals surface area contributed by atoms with E-state index in [0.717, 1.165) is 16.8 Å². The lowest BCUT2D eigenvalue weighted by Crippen LogP contribution is -2.48. The Balaban J connectivity index is 1.59. The van der Waals surface area contributed by atoms with Crippen LogP contribution in [0.15, 0.2) is 53.9 Å². The summed E-state index contributed by atoms with van der Waals surface area (Å²) in [6, 6.07) is 14.3. The van der Waals surface area contributed by atoms with E-state index in [1.807, 2.05) is 41.8 Å². The van der Waals surface area contributed by atoms with Crippen molar-refractivity contribution in [2.24, 2.45) is 0 Å². The van der Waals surface area contributed by atoms with Gasteiger partial charge in [-0.15, -0.1) is 11.3 Å². The molecule has 8 nitrogen and oxygen atoms in total. The first-order valence-electron chi connectivity index (χ1n) is 10.1. The van der Waals surface area contributed by atoms with Gasteiger partial charge in [0.05, 0.1) is 25.5 Å². The summed E-state index contributed by atoms with van der Waals surface area (Å²) in [5, 5.41) is 3.17. The highest BCUT2D eigenvalue weighted by Crippen LogP contribution is 2.30. The van der Waals surface area contributed by atoms with Gasteiger partial charge in [0, 0.05) is 34.6 Å². The zero-order chi connectivity index (χ0) is 23.2. The predicted molar refractivity (Wildman–Crippen MR) is 136 cm³/mol. The van der Waals surface area contributed by atoms with E-state index in [4.69, 9.17) is 21.3 Å². The molecule has 3 amide bonds. The van der Waals surface area contributed by atoms with Gasteiger partial charge in [0.2, 0.25) is 0 Å². The molecular weight excluding hydrogens is 579 g/mol. The van der Waals surface area contributed by atoms with Crippen LogP contribution in [0.1, 0.15) is 15.9 Å². The number of morpholine rings is 1. The molecule has 172 valence electrons. The lowest BCUT2D eigenvalue weighted by Gasteiger charge is -2.31. The molecule has 4 rings (SSSR count). The van der Waals surface area contributed by atoms with Crippen molar-refractivity contribution in [2.45, 2.75) is 6.54 Å². The van der Waals surface area contributed by atoms with Crippen molar-refractivity contribution in [3.8, 4) is 11.3 Å². The number of thiazole rings is 1. The number of urea groups is 1. The minimum atomic E-state index is -0.343. The summed E-state index contributed by atoms with van der Waals surface area (Å²) in [5.41, 5.74) is 5.31. The van der Waals surface area contributed by atoms with Crippen LogP contribution in [0.25, 0.3) is 11.3 Å². The summed E-state index contributed by atoms with van der Waals surface area (Å²) >= 11 is 9.00. The lowest BCUT2D eigenvalue weighted by molar-refractivity contribution is 0.0548. The van der Waals surface area contributed by atoms with Gasteiger partial charge in [0.1, 0.15) is 23.0 Å². The van der Waals surface area contributed by atoms with E-state index in [-0.39, 0.29) is 11.9 Å². The maximum Gasteiger partial charge on any atom is 0.326 e. The third kappa shape index (κ3) is 6.01. The smallest absolute Gasteiger partial charge is 0.326 e. The number of rotatable bonds is 6. The Bertz CT molecular complexity index is 1100. The van der Waals surface area contributed by atoms with Gasteiger partial charge in [-0.2, -0.15) is 0 Å². The maximum atomic E-state index is 13.4. The summed E-state index contributed by atoms with van der Waals surface area (Å²) < 4.78 is 10.0. The third-order valence-corrected chi connectivity index (χ3v) is 6.40. The quantitative estimate of drug-likeness (QED) is 0.321. The Hall–Kier alpha value is -2.25. The third-order valence-electron chi connectivity index (χ3n) is 5.06. The van der Waals surface area contributed by atoms with E-state index >= 15 is 0 Å². The molecule has 0 aliphatic carbocycles. The minimum Gasteiger partial charge on any atom is -0.378 e. The number of nitrogens with one attached hydrogen (secondary N) is 1. The number of aromatic nitrogens is 1. The Labute approximate surface area is 214 Å². The van der Waals surface area contributed by atoms with Crippen LogP contribution in [0, 0.1) is 0 Å². The number of anilines is 1. The molecule has 1 N–H and O–H groups in total. The van der Waals surface area contributed by atoms with E-state index in [2.05, 4.69) is 8.65 Å². The molecule has 2 heterocycles. The van der Waals surface area contributed by atoms with Crippen molar-refractivity contribution >= 4 is 63.0 Å². The molecule has 0 atom stereocenters. The molecule has 0 spiro atoms. The maximum absolute atomic E-state index is 13.4. The van der Waals surface area contributed by atoms with Crippen LogP contribution in [0.5, 0.6) is 0 Å². The van der Waals surface area contributed by atoms with Crippen LogP contribution in [0.4, 0.5) is 9.93 Å². The van der Waals surface area contributed by atoms with Gasteiger partial charge in [-0.1, -0.05) is 35.9 Å². The summed E-state index contributed by atoms with van der Waals surface area (Å²) in [6.45, 7) is 2.39. The monoisotopic (exact) mass is 598 g/mol. The zero-order valence-corrected chi connectivity index (χ0v) is 21.1. The minimum absolute atomic E-state index is 0.129. The van der Waals surface area contributed by atoms with E-state index in [9.17, 15) is 9.59 Å². The number of hydrogen-bond acceptors (Lipinski definition) is 6. The standard InChI is InChI=1S/C22H20ClIN4O4S/c23-18-7-5-16(6-8-18)19-14-33-21(25-19)28(22(30)27-9-11-31-12-10-27)13-15-1-3-17(4-2-15)20(29)26-32-24/h1-8,14H,9-13H2,(H,26,29). The summed E-state index contributed by atoms with van der Waals surface area (Å²) in [4.78, 5) is 33.5. The molecule has 1 saturated heterocycles. The van der Waals surface area contributed by atoms with Crippen LogP contribution in [-0.2, 0) is 14.4 Å². The number of hydroxylamine groups is 1. The summed E-state index contributed by atoms with van der Waals surface area (Å²) in [6.07, 6.45) is 0. The number of ether oxygens (including phenoxy) is 1. The molecule has 2 aromatic carbocycles. The van der Waals surface area contributed by atoms with Gasteiger partial charge >= 0.3 is 6.03 Å². The zero-order valence-electron chi connectivity index (χ0n) is 17.4. The average Bonchev–Trinajstić information content (AvgIpc) is 3.33. The highest BCUT2D eigenvalue weighted by Gasteiger charge is 2.26. The molecule has 0 unspecified atom stereocenters. The molecule has 1 fully saturated rings. The highest BCUT2D eigenvalue weighted by molar-refractivity contribution is 14.1. The van der Waals surface area contributed by atoms with Crippen molar-refractivity contribution in [3.05, 3.63) is 70.1 Å². The highest BCUT2D eigenvalue weighted by atomic mass is 127. The number of hydrogen-bond donors (Lipinski definition) is 1. The number of nitrogens with zero attached hydrogens (tertiary/aromatic N) is 3. The average molecular weight is 599 g/mol. The first-order valence-corrected chi connectivity index (χ1v) is 12.2. The van der Waals surface area contributed by atoms with Crippen LogP contribution in [-0.4, -0.2) is 48.1 Å². The molecule has 1 aliphatic heterocycles. The van der Waals surface area contributed by atoms with E-state index < -0.39 is 0 Å². The fraction of sp³-hybridized carbons (Fsp3) is 0.227. The van der Waals surface area contributed by atoms with E-state index in [1.165, 1.54) is 11.3 Å². The SMILES string of the molecule is O=C(NOI)c1ccc(CN(C(=O)N2CCOCC2)c2nc(-c3ccc(Cl)cc3)cs2)cc1. The number of amides is 3. The fourth-order valence-electron chi connectivity index (χ4n) is 3.32. The van der Waals surface area contributed by atoms with Gasteiger partial charge in [0.15, 0.2) is 5.13 Å². The Morgan fingerprint density at radius 1 is 1.15 bits per heavy atom. The van der Waals surface area contributed by atoms with E-state index in [1.54, 1.807) is 44.9 Å². The second kappa shape index (κ2) is 11.3. The van der Waals surface area contributed by atoms with Crippen LogP contribution < -0.4 is 10.4 Å². The molecule has 1 aromatic heterocycles. The molecule has 0 bridgehead atoms. The fourth-order valence-corrected chi connectivity index (χ4v) is 4.47. The predicted octanol–water partition coefficient (Wildman–Crippen LogP) is 4.93. The van der Waals surface area contributed by atoms with Gasteiger partial charge in [-0.05, 0) is 29.8 Å². The van der Waals surface area contributed by atoms with Crippen molar-refractivity contribution in [2.75, 3.05) is 31.2 Å². The number of benzene rings is 2. The van der Waals surface area contributed by atoms with Crippen LogP contribution in [0.2, 0.25) is 5.02 Å². The first-order chi connectivity index (χ1) is 16.0. The van der Waals surface area contributed by atoms with Crippen molar-refractivity contribution in [3.63, 3.8) is 0 Å². The number of halogens is 2. The molecule has 0 radical (unpaired) electrons. The van der Waals surface area contributed by atoms with E-state index in [0.29, 0.717) is 48.6 Å². The van der Waals surface area contributed by atoms with Gasteiger partial charge in [-0.25, -0.2) is 18.4 Å². The lowest BCUT2D eigenvalue weighted by atomic mass is 10.1.